The molecule has 0 unspecified atom stereocenters. The van der Waals surface area contributed by atoms with Crippen LogP contribution in [0.1, 0.15) is 64.5 Å². The third-order valence-corrected chi connectivity index (χ3v) is 4.95. The van der Waals surface area contributed by atoms with E-state index in [2.05, 4.69) is 65.1 Å². The van der Waals surface area contributed by atoms with Crippen molar-refractivity contribution in [2.24, 2.45) is 5.92 Å². The van der Waals surface area contributed by atoms with Crippen molar-refractivity contribution >= 4 is 5.57 Å². The summed E-state index contributed by atoms with van der Waals surface area (Å²) in [4.78, 5) is 0. The third-order valence-electron chi connectivity index (χ3n) is 4.95. The van der Waals surface area contributed by atoms with Crippen LogP contribution in [0.2, 0.25) is 0 Å². The molecule has 0 heterocycles. The number of hydrogen-bond acceptors (Lipinski definition) is 0. The van der Waals surface area contributed by atoms with Gasteiger partial charge in [0.1, 0.15) is 0 Å². The fraction of sp³-hybridized carbons (Fsp3) is 0.455. The Morgan fingerprint density at radius 3 is 2.45 bits per heavy atom. The quantitative estimate of drug-likeness (QED) is 0.531. The summed E-state index contributed by atoms with van der Waals surface area (Å²) in [7, 11) is 0. The number of allylic oxidation sites excluding steroid dienone is 4. The van der Waals surface area contributed by atoms with Gasteiger partial charge in [-0.2, -0.15) is 0 Å². The van der Waals surface area contributed by atoms with Gasteiger partial charge >= 0.3 is 0 Å². The van der Waals surface area contributed by atoms with Crippen molar-refractivity contribution in [3.8, 4) is 0 Å². The monoisotopic (exact) mass is 294 g/mol. The molecule has 1 aromatic rings. The molecule has 0 aliphatic heterocycles. The molecule has 0 saturated heterocycles. The van der Waals surface area contributed by atoms with E-state index in [9.17, 15) is 0 Å². The Balaban J connectivity index is 2.22. The zero-order valence-electron chi connectivity index (χ0n) is 14.7. The molecule has 118 valence electrons. The summed E-state index contributed by atoms with van der Waals surface area (Å²) in [5.74, 6) is 0.751. The summed E-state index contributed by atoms with van der Waals surface area (Å²) in [5, 5.41) is 0. The van der Waals surface area contributed by atoms with E-state index in [-0.39, 0.29) is 5.41 Å². The maximum atomic E-state index is 4.38. The molecule has 0 amide bonds. The first-order chi connectivity index (χ1) is 10.3. The van der Waals surface area contributed by atoms with Crippen LogP contribution in [0.4, 0.5) is 0 Å². The molecular formula is C22H30. The van der Waals surface area contributed by atoms with E-state index in [1.165, 1.54) is 41.5 Å². The van der Waals surface area contributed by atoms with Gasteiger partial charge in [-0.15, -0.1) is 0 Å². The van der Waals surface area contributed by atoms with Gasteiger partial charge in [0.15, 0.2) is 0 Å². The Kier molecular flexibility index (Phi) is 5.11. The van der Waals surface area contributed by atoms with Gasteiger partial charge < -0.3 is 0 Å². The van der Waals surface area contributed by atoms with Crippen LogP contribution in [0.5, 0.6) is 0 Å². The molecule has 0 atom stereocenters. The molecule has 0 spiro atoms. The molecule has 0 nitrogen and oxygen atoms in total. The largest absolute Gasteiger partial charge is 0.0988 e. The SMILES string of the molecule is C=C/C(C)=C(/CC(=C)c1cccc(C(C)(C)C)c1)C1CCC1. The molecular weight excluding hydrogens is 264 g/mol. The predicted molar refractivity (Wildman–Crippen MR) is 99.0 cm³/mol. The van der Waals surface area contributed by atoms with Gasteiger partial charge in [-0.1, -0.05) is 81.8 Å². The maximum absolute atomic E-state index is 4.38. The Bertz CT molecular complexity index is 589. The molecule has 1 saturated carbocycles. The van der Waals surface area contributed by atoms with Crippen molar-refractivity contribution in [2.45, 2.75) is 58.8 Å². The van der Waals surface area contributed by atoms with Gasteiger partial charge in [0.2, 0.25) is 0 Å². The van der Waals surface area contributed by atoms with Crippen molar-refractivity contribution in [2.75, 3.05) is 0 Å². The van der Waals surface area contributed by atoms with Crippen molar-refractivity contribution < 1.29 is 0 Å². The van der Waals surface area contributed by atoms with Crippen LogP contribution in [0.25, 0.3) is 5.57 Å². The van der Waals surface area contributed by atoms with Gasteiger partial charge in [-0.05, 0) is 54.2 Å². The summed E-state index contributed by atoms with van der Waals surface area (Å²) < 4.78 is 0. The molecule has 0 aromatic heterocycles. The Morgan fingerprint density at radius 1 is 1.27 bits per heavy atom. The summed E-state index contributed by atoms with van der Waals surface area (Å²) in [6, 6.07) is 8.88. The van der Waals surface area contributed by atoms with Crippen LogP contribution < -0.4 is 0 Å². The highest BCUT2D eigenvalue weighted by Gasteiger charge is 2.23. The summed E-state index contributed by atoms with van der Waals surface area (Å²) in [5.41, 5.74) is 6.96. The van der Waals surface area contributed by atoms with Gasteiger partial charge in [0.25, 0.3) is 0 Å². The highest BCUT2D eigenvalue weighted by atomic mass is 14.3. The normalized spacial score (nSPS) is 16.7. The lowest BCUT2D eigenvalue weighted by Gasteiger charge is -2.30. The smallest absolute Gasteiger partial charge is 0.00585 e. The van der Waals surface area contributed by atoms with Crippen LogP contribution in [-0.2, 0) is 5.41 Å². The Morgan fingerprint density at radius 2 is 1.95 bits per heavy atom. The fourth-order valence-corrected chi connectivity index (χ4v) is 3.03. The second-order valence-electron chi connectivity index (χ2n) is 7.65. The molecule has 1 aliphatic carbocycles. The lowest BCUT2D eigenvalue weighted by molar-refractivity contribution is 0.362. The highest BCUT2D eigenvalue weighted by Crippen LogP contribution is 2.39. The number of rotatable bonds is 5. The average molecular weight is 294 g/mol. The van der Waals surface area contributed by atoms with Crippen LogP contribution in [-0.4, -0.2) is 0 Å². The maximum Gasteiger partial charge on any atom is -0.00585 e. The summed E-state index contributed by atoms with van der Waals surface area (Å²) in [6.45, 7) is 17.3. The van der Waals surface area contributed by atoms with E-state index in [0.717, 1.165) is 12.3 Å². The van der Waals surface area contributed by atoms with Crippen LogP contribution in [0.3, 0.4) is 0 Å². The molecule has 22 heavy (non-hydrogen) atoms. The minimum absolute atomic E-state index is 0.181. The first-order valence-corrected chi connectivity index (χ1v) is 8.43. The summed E-state index contributed by atoms with van der Waals surface area (Å²) in [6.07, 6.45) is 7.01. The first-order valence-electron chi connectivity index (χ1n) is 8.43. The van der Waals surface area contributed by atoms with Crippen LogP contribution in [0, 0.1) is 5.92 Å². The molecule has 0 radical (unpaired) electrons. The van der Waals surface area contributed by atoms with Gasteiger partial charge in [0, 0.05) is 0 Å². The van der Waals surface area contributed by atoms with E-state index >= 15 is 0 Å². The van der Waals surface area contributed by atoms with E-state index in [1.54, 1.807) is 5.57 Å². The highest BCUT2D eigenvalue weighted by molar-refractivity contribution is 5.67. The summed E-state index contributed by atoms with van der Waals surface area (Å²) >= 11 is 0. The minimum Gasteiger partial charge on any atom is -0.0988 e. The number of benzene rings is 1. The van der Waals surface area contributed by atoms with Crippen molar-refractivity contribution in [1.82, 2.24) is 0 Å². The fourth-order valence-electron chi connectivity index (χ4n) is 3.03. The zero-order chi connectivity index (χ0) is 16.3. The third kappa shape index (κ3) is 3.80. The first kappa shape index (κ1) is 16.8. The molecule has 0 bridgehead atoms. The van der Waals surface area contributed by atoms with Gasteiger partial charge in [0.05, 0.1) is 0 Å². The molecule has 1 aromatic carbocycles. The van der Waals surface area contributed by atoms with Crippen LogP contribution >= 0.6 is 0 Å². The minimum atomic E-state index is 0.181. The zero-order valence-corrected chi connectivity index (χ0v) is 14.7. The van der Waals surface area contributed by atoms with Gasteiger partial charge in [-0.3, -0.25) is 0 Å². The number of hydrogen-bond donors (Lipinski definition) is 0. The van der Waals surface area contributed by atoms with Crippen molar-refractivity contribution in [3.63, 3.8) is 0 Å². The van der Waals surface area contributed by atoms with E-state index < -0.39 is 0 Å². The average Bonchev–Trinajstić information content (AvgIpc) is 2.43. The second kappa shape index (κ2) is 6.69. The van der Waals surface area contributed by atoms with E-state index in [4.69, 9.17) is 0 Å². The van der Waals surface area contributed by atoms with Gasteiger partial charge in [-0.25, -0.2) is 0 Å². The Labute approximate surface area is 136 Å². The molecule has 0 N–H and O–H groups in total. The van der Waals surface area contributed by atoms with Crippen molar-refractivity contribution in [3.05, 3.63) is 65.8 Å². The van der Waals surface area contributed by atoms with Crippen molar-refractivity contribution in [1.29, 1.82) is 0 Å². The molecule has 1 aliphatic rings. The second-order valence-corrected chi connectivity index (χ2v) is 7.65. The molecule has 0 heteroatoms. The predicted octanol–water partition coefficient (Wildman–Crippen LogP) is 6.69. The molecule has 2 rings (SSSR count). The lowest BCUT2D eigenvalue weighted by Crippen LogP contribution is -2.15. The standard InChI is InChI=1S/C22H30/c1-7-16(2)21(18-10-8-11-18)14-17(3)19-12-9-13-20(15-19)22(4,5)6/h7,9,12-13,15,18H,1,3,8,10-11,14H2,2,4-6H3/b21-16-. The topological polar surface area (TPSA) is 0 Å². The van der Waals surface area contributed by atoms with Crippen LogP contribution in [0.15, 0.2) is 54.6 Å². The van der Waals surface area contributed by atoms with E-state index in [0.29, 0.717) is 0 Å². The molecule has 1 fully saturated rings. The Hall–Kier alpha value is -1.56. The lowest BCUT2D eigenvalue weighted by atomic mass is 9.75. The van der Waals surface area contributed by atoms with E-state index in [1.807, 2.05) is 6.08 Å².